The summed E-state index contributed by atoms with van der Waals surface area (Å²) in [6.07, 6.45) is 4.44. The zero-order valence-corrected chi connectivity index (χ0v) is 13.7. The van der Waals surface area contributed by atoms with Gasteiger partial charge >= 0.3 is 5.97 Å². The minimum Gasteiger partial charge on any atom is -0.465 e. The topological polar surface area (TPSA) is 38.3 Å². The Hall–Kier alpha value is -1.00. The minimum atomic E-state index is -0.0957. The van der Waals surface area contributed by atoms with Crippen LogP contribution in [-0.2, 0) is 16.1 Å². The molecule has 1 aliphatic rings. The molecule has 1 unspecified atom stereocenters. The molecule has 0 spiro atoms. The summed E-state index contributed by atoms with van der Waals surface area (Å²) in [7, 11) is 0. The summed E-state index contributed by atoms with van der Waals surface area (Å²) in [6, 6.07) is 9.18. The maximum absolute atomic E-state index is 12.0. The summed E-state index contributed by atoms with van der Waals surface area (Å²) in [5.74, 6) is -0.0918. The van der Waals surface area contributed by atoms with E-state index in [9.17, 15) is 4.79 Å². The van der Waals surface area contributed by atoms with E-state index < -0.39 is 0 Å². The van der Waals surface area contributed by atoms with Gasteiger partial charge in [0.25, 0.3) is 0 Å². The summed E-state index contributed by atoms with van der Waals surface area (Å²) in [4.78, 5) is 13.1. The Morgan fingerprint density at radius 1 is 1.43 bits per heavy atom. The molecule has 0 aliphatic heterocycles. The van der Waals surface area contributed by atoms with Gasteiger partial charge in [-0.05, 0) is 43.9 Å². The average molecular weight is 307 g/mol. The highest BCUT2D eigenvalue weighted by Crippen LogP contribution is 2.28. The molecule has 1 N–H and O–H groups in total. The number of esters is 1. The van der Waals surface area contributed by atoms with Crippen LogP contribution < -0.4 is 5.32 Å². The van der Waals surface area contributed by atoms with Crippen molar-refractivity contribution in [3.63, 3.8) is 0 Å². The van der Waals surface area contributed by atoms with Crippen molar-refractivity contribution >= 4 is 17.7 Å². The van der Waals surface area contributed by atoms with E-state index in [1.54, 1.807) is 11.8 Å². The van der Waals surface area contributed by atoms with Crippen LogP contribution in [0.25, 0.3) is 0 Å². The molecule has 1 aromatic rings. The van der Waals surface area contributed by atoms with Crippen molar-refractivity contribution in [2.75, 3.05) is 6.61 Å². The van der Waals surface area contributed by atoms with Gasteiger partial charge in [0.1, 0.15) is 5.25 Å². The number of benzene rings is 1. The van der Waals surface area contributed by atoms with Crippen LogP contribution >= 0.6 is 11.8 Å². The van der Waals surface area contributed by atoms with Crippen molar-refractivity contribution in [2.45, 2.75) is 62.3 Å². The van der Waals surface area contributed by atoms with Crippen molar-refractivity contribution in [1.82, 2.24) is 5.32 Å². The smallest absolute Gasteiger partial charge is 0.319 e. The summed E-state index contributed by atoms with van der Waals surface area (Å²) >= 11 is 1.62. The predicted molar refractivity (Wildman–Crippen MR) is 87.5 cm³/mol. The maximum Gasteiger partial charge on any atom is 0.319 e. The molecule has 0 aromatic heterocycles. The number of rotatable bonds is 9. The van der Waals surface area contributed by atoms with Gasteiger partial charge in [-0.2, -0.15) is 0 Å². The third-order valence-corrected chi connectivity index (χ3v) is 4.69. The van der Waals surface area contributed by atoms with Gasteiger partial charge in [0.05, 0.1) is 6.61 Å². The Bertz CT molecular complexity index is 460. The summed E-state index contributed by atoms with van der Waals surface area (Å²) in [5, 5.41) is 3.43. The van der Waals surface area contributed by atoms with Crippen molar-refractivity contribution < 1.29 is 9.53 Å². The number of hydrogen-bond acceptors (Lipinski definition) is 4. The van der Waals surface area contributed by atoms with Crippen LogP contribution in [0.2, 0.25) is 0 Å². The zero-order chi connectivity index (χ0) is 15.1. The van der Waals surface area contributed by atoms with E-state index in [1.165, 1.54) is 18.4 Å². The molecule has 0 bridgehead atoms. The first-order valence-corrected chi connectivity index (χ1v) is 8.76. The van der Waals surface area contributed by atoms with Crippen LogP contribution in [0, 0.1) is 0 Å². The molecule has 1 atom stereocenters. The molecule has 21 heavy (non-hydrogen) atoms. The van der Waals surface area contributed by atoms with Gasteiger partial charge < -0.3 is 10.1 Å². The highest BCUT2D eigenvalue weighted by Gasteiger charge is 2.21. The first-order chi connectivity index (χ1) is 10.2. The molecule has 1 fully saturated rings. The van der Waals surface area contributed by atoms with Gasteiger partial charge in [-0.15, -0.1) is 11.8 Å². The van der Waals surface area contributed by atoms with Crippen LogP contribution in [0.1, 0.15) is 45.1 Å². The number of carbonyl (C=O) groups excluding carboxylic acids is 1. The van der Waals surface area contributed by atoms with Gasteiger partial charge in [-0.3, -0.25) is 4.79 Å². The normalized spacial score (nSPS) is 15.7. The third-order valence-electron chi connectivity index (χ3n) is 3.45. The second kappa shape index (κ2) is 8.44. The van der Waals surface area contributed by atoms with Crippen LogP contribution in [0.15, 0.2) is 29.2 Å². The molecule has 1 aliphatic carbocycles. The number of ether oxygens (including phenoxy) is 1. The Morgan fingerprint density at radius 2 is 2.24 bits per heavy atom. The lowest BCUT2D eigenvalue weighted by Gasteiger charge is -2.15. The summed E-state index contributed by atoms with van der Waals surface area (Å²) < 4.78 is 5.17. The largest absolute Gasteiger partial charge is 0.465 e. The SMILES string of the molecule is CCCC(Sc1cccc(CNC2CC2)c1)C(=O)OCC. The summed E-state index contributed by atoms with van der Waals surface area (Å²) in [6.45, 7) is 5.32. The summed E-state index contributed by atoms with van der Waals surface area (Å²) in [5.41, 5.74) is 1.28. The molecule has 2 rings (SSSR count). The van der Waals surface area contributed by atoms with Crippen LogP contribution in [0.4, 0.5) is 0 Å². The van der Waals surface area contributed by atoms with Gasteiger partial charge in [-0.25, -0.2) is 0 Å². The predicted octanol–water partition coefficient (Wildman–Crippen LogP) is 3.76. The first kappa shape index (κ1) is 16.4. The standard InChI is InChI=1S/C17H25NO2S/c1-3-6-16(17(19)20-4-2)21-15-8-5-7-13(11-15)12-18-14-9-10-14/h5,7-8,11,14,16,18H,3-4,6,9-10,12H2,1-2H3. The van der Waals surface area contributed by atoms with Gasteiger partial charge in [0.15, 0.2) is 0 Å². The molecular weight excluding hydrogens is 282 g/mol. The van der Waals surface area contributed by atoms with Gasteiger partial charge in [0, 0.05) is 17.5 Å². The molecule has 0 radical (unpaired) electrons. The number of hydrogen-bond donors (Lipinski definition) is 1. The van der Waals surface area contributed by atoms with Crippen molar-refractivity contribution in [3.8, 4) is 0 Å². The second-order valence-corrected chi connectivity index (χ2v) is 6.73. The minimum absolute atomic E-state index is 0.0918. The Balaban J connectivity index is 1.94. The molecule has 0 saturated heterocycles. The molecule has 4 heteroatoms. The quantitative estimate of drug-likeness (QED) is 0.557. The Labute approximate surface area is 131 Å². The lowest BCUT2D eigenvalue weighted by atomic mass is 10.2. The molecular formula is C17H25NO2S. The number of nitrogens with one attached hydrogen (secondary N) is 1. The maximum atomic E-state index is 12.0. The second-order valence-electron chi connectivity index (χ2n) is 5.45. The molecule has 1 aromatic carbocycles. The fourth-order valence-corrected chi connectivity index (χ4v) is 3.39. The average Bonchev–Trinajstić information content (AvgIpc) is 3.30. The van der Waals surface area contributed by atoms with E-state index in [4.69, 9.17) is 4.74 Å². The molecule has 0 amide bonds. The fourth-order valence-electron chi connectivity index (χ4n) is 2.16. The van der Waals surface area contributed by atoms with Gasteiger partial charge in [-0.1, -0.05) is 25.5 Å². The monoisotopic (exact) mass is 307 g/mol. The lowest BCUT2D eigenvalue weighted by Crippen LogP contribution is -2.20. The Morgan fingerprint density at radius 3 is 2.90 bits per heavy atom. The Kier molecular flexibility index (Phi) is 6.58. The molecule has 0 heterocycles. The highest BCUT2D eigenvalue weighted by molar-refractivity contribution is 8.00. The van der Waals surface area contributed by atoms with Gasteiger partial charge in [0.2, 0.25) is 0 Å². The van der Waals surface area contributed by atoms with E-state index in [0.29, 0.717) is 12.6 Å². The fraction of sp³-hybridized carbons (Fsp3) is 0.588. The van der Waals surface area contributed by atoms with Crippen molar-refractivity contribution in [3.05, 3.63) is 29.8 Å². The van der Waals surface area contributed by atoms with Crippen LogP contribution in [-0.4, -0.2) is 23.9 Å². The highest BCUT2D eigenvalue weighted by atomic mass is 32.2. The zero-order valence-electron chi connectivity index (χ0n) is 12.9. The first-order valence-electron chi connectivity index (χ1n) is 7.88. The lowest BCUT2D eigenvalue weighted by molar-refractivity contribution is -0.142. The van der Waals surface area contributed by atoms with E-state index in [0.717, 1.165) is 24.3 Å². The van der Waals surface area contributed by atoms with Crippen LogP contribution in [0.5, 0.6) is 0 Å². The van der Waals surface area contributed by atoms with E-state index in [1.807, 2.05) is 6.92 Å². The molecule has 1 saturated carbocycles. The van der Waals surface area contributed by atoms with Crippen molar-refractivity contribution in [2.24, 2.45) is 0 Å². The van der Waals surface area contributed by atoms with E-state index in [2.05, 4.69) is 36.5 Å². The van der Waals surface area contributed by atoms with Crippen LogP contribution in [0.3, 0.4) is 0 Å². The number of carbonyl (C=O) groups is 1. The molecule has 3 nitrogen and oxygen atoms in total. The van der Waals surface area contributed by atoms with E-state index in [-0.39, 0.29) is 11.2 Å². The van der Waals surface area contributed by atoms with Crippen molar-refractivity contribution in [1.29, 1.82) is 0 Å². The van der Waals surface area contributed by atoms with E-state index >= 15 is 0 Å². The number of thioether (sulfide) groups is 1. The third kappa shape index (κ3) is 5.71. The molecule has 116 valence electrons.